The molecule has 0 radical (unpaired) electrons. The van der Waals surface area contributed by atoms with Gasteiger partial charge in [-0.05, 0) is 43.4 Å². The summed E-state index contributed by atoms with van der Waals surface area (Å²) in [6.45, 7) is 6.40. The van der Waals surface area contributed by atoms with E-state index < -0.39 is 29.6 Å². The lowest BCUT2D eigenvalue weighted by atomic mass is 10.1. The molecule has 1 unspecified atom stereocenters. The monoisotopic (exact) mass is 535 g/mol. The third-order valence-electron chi connectivity index (χ3n) is 6.75. The maximum absolute atomic E-state index is 13.8. The van der Waals surface area contributed by atoms with E-state index in [1.807, 2.05) is 31.2 Å². The average molecular weight is 536 g/mol. The number of likely N-dealkylation sites (tertiary alicyclic amines) is 1. The number of carbonyl (C=O) groups is 2. The molecule has 2 fully saturated rings. The molecule has 2 amide bonds. The van der Waals surface area contributed by atoms with Crippen LogP contribution in [0.1, 0.15) is 19.4 Å². The van der Waals surface area contributed by atoms with Gasteiger partial charge in [0.25, 0.3) is 0 Å². The normalized spacial score (nSPS) is 20.6. The summed E-state index contributed by atoms with van der Waals surface area (Å²) < 4.78 is 56.6. The first-order chi connectivity index (χ1) is 18.3. The fourth-order valence-corrected chi connectivity index (χ4v) is 4.78. The third kappa shape index (κ3) is 6.76. The van der Waals surface area contributed by atoms with Crippen LogP contribution in [-0.2, 0) is 20.7 Å². The standard InChI is InChI=1S/C27H32F3N3O5/c1-3-36-24(26(34)37-4-2)11-16-5-7-17(8-6-16)38-10-9-31-25-18-14-33(15-19(18)25)27(35)32-23-13-21(29)20(28)12-22(23)30/h5-8,12-13,18-19,24-25,31H,3-4,9-11,14-15H2,1-2H3,(H,32,35)/t18-,19?,24-,25+/m0/s1. The number of fused-ring (bicyclic) bond motifs is 1. The predicted octanol–water partition coefficient (Wildman–Crippen LogP) is 3.75. The van der Waals surface area contributed by atoms with Gasteiger partial charge in [0, 0.05) is 50.8 Å². The maximum atomic E-state index is 13.8. The molecule has 11 heteroatoms. The van der Waals surface area contributed by atoms with Crippen LogP contribution in [0.5, 0.6) is 5.75 Å². The molecule has 2 N–H and O–H groups in total. The number of nitrogens with one attached hydrogen (secondary N) is 2. The van der Waals surface area contributed by atoms with E-state index in [9.17, 15) is 22.8 Å². The van der Waals surface area contributed by atoms with Gasteiger partial charge in [0.1, 0.15) is 18.2 Å². The van der Waals surface area contributed by atoms with Gasteiger partial charge in [-0.1, -0.05) is 12.1 Å². The second-order valence-electron chi connectivity index (χ2n) is 9.28. The maximum Gasteiger partial charge on any atom is 0.335 e. The number of urea groups is 1. The quantitative estimate of drug-likeness (QED) is 0.245. The zero-order chi connectivity index (χ0) is 27.2. The molecule has 4 atom stereocenters. The number of piperidine rings is 1. The number of benzene rings is 2. The Bertz CT molecular complexity index is 1120. The molecule has 1 aliphatic heterocycles. The highest BCUT2D eigenvalue weighted by Crippen LogP contribution is 2.45. The summed E-state index contributed by atoms with van der Waals surface area (Å²) in [7, 11) is 0. The number of rotatable bonds is 12. The van der Waals surface area contributed by atoms with Gasteiger partial charge in [-0.3, -0.25) is 0 Å². The molecule has 4 rings (SSSR count). The summed E-state index contributed by atoms with van der Waals surface area (Å²) in [6.07, 6.45) is -0.216. The topological polar surface area (TPSA) is 89.1 Å². The van der Waals surface area contributed by atoms with E-state index in [0.29, 0.717) is 63.8 Å². The number of hydrogen-bond donors (Lipinski definition) is 2. The van der Waals surface area contributed by atoms with Gasteiger partial charge in [0.05, 0.1) is 12.3 Å². The second-order valence-corrected chi connectivity index (χ2v) is 9.28. The molecule has 2 aromatic rings. The van der Waals surface area contributed by atoms with Crippen molar-refractivity contribution in [2.45, 2.75) is 32.4 Å². The summed E-state index contributed by atoms with van der Waals surface area (Å²) >= 11 is 0. The van der Waals surface area contributed by atoms with Crippen molar-refractivity contribution in [1.82, 2.24) is 10.2 Å². The van der Waals surface area contributed by atoms with Crippen molar-refractivity contribution < 1.29 is 37.0 Å². The van der Waals surface area contributed by atoms with Crippen LogP contribution in [0, 0.1) is 29.3 Å². The van der Waals surface area contributed by atoms with Gasteiger partial charge in [-0.2, -0.15) is 0 Å². The first kappa shape index (κ1) is 27.7. The fraction of sp³-hybridized carbons (Fsp3) is 0.481. The van der Waals surface area contributed by atoms with Crippen molar-refractivity contribution in [3.8, 4) is 5.75 Å². The first-order valence-electron chi connectivity index (χ1n) is 12.7. The van der Waals surface area contributed by atoms with E-state index in [1.165, 1.54) is 0 Å². The highest BCUT2D eigenvalue weighted by atomic mass is 19.2. The van der Waals surface area contributed by atoms with Crippen molar-refractivity contribution in [3.05, 3.63) is 59.4 Å². The largest absolute Gasteiger partial charge is 0.492 e. The van der Waals surface area contributed by atoms with E-state index >= 15 is 0 Å². The highest BCUT2D eigenvalue weighted by molar-refractivity contribution is 5.89. The lowest BCUT2D eigenvalue weighted by Crippen LogP contribution is -2.39. The van der Waals surface area contributed by atoms with E-state index in [-0.39, 0.29) is 29.5 Å². The van der Waals surface area contributed by atoms with E-state index in [4.69, 9.17) is 14.2 Å². The van der Waals surface area contributed by atoms with Crippen molar-refractivity contribution in [2.24, 2.45) is 11.8 Å². The Kier molecular flexibility index (Phi) is 9.11. The van der Waals surface area contributed by atoms with E-state index in [2.05, 4.69) is 10.6 Å². The third-order valence-corrected chi connectivity index (χ3v) is 6.75. The predicted molar refractivity (Wildman–Crippen MR) is 133 cm³/mol. The lowest BCUT2D eigenvalue weighted by Gasteiger charge is -2.21. The molecule has 0 bridgehead atoms. The molecule has 38 heavy (non-hydrogen) atoms. The molecule has 0 aromatic heterocycles. The molecule has 1 heterocycles. The number of carbonyl (C=O) groups excluding carboxylic acids is 2. The first-order valence-corrected chi connectivity index (χ1v) is 12.7. The van der Waals surface area contributed by atoms with Crippen LogP contribution in [0.25, 0.3) is 0 Å². The van der Waals surface area contributed by atoms with Gasteiger partial charge in [-0.25, -0.2) is 22.8 Å². The molecule has 206 valence electrons. The smallest absolute Gasteiger partial charge is 0.335 e. The molecule has 2 aliphatic rings. The molecule has 0 spiro atoms. The Hall–Kier alpha value is -3.31. The number of ether oxygens (including phenoxy) is 3. The van der Waals surface area contributed by atoms with Crippen molar-refractivity contribution in [1.29, 1.82) is 0 Å². The minimum atomic E-state index is -1.31. The summed E-state index contributed by atoms with van der Waals surface area (Å²) in [6, 6.07) is 8.26. The number of hydrogen-bond acceptors (Lipinski definition) is 6. The molecular formula is C27H32F3N3O5. The molecule has 1 saturated heterocycles. The van der Waals surface area contributed by atoms with Crippen LogP contribution in [0.15, 0.2) is 36.4 Å². The van der Waals surface area contributed by atoms with Crippen LogP contribution in [0.4, 0.5) is 23.7 Å². The number of halogens is 3. The summed E-state index contributed by atoms with van der Waals surface area (Å²) in [5.74, 6) is -2.64. The molecule has 1 aliphatic carbocycles. The van der Waals surface area contributed by atoms with Gasteiger partial charge in [-0.15, -0.1) is 0 Å². The summed E-state index contributed by atoms with van der Waals surface area (Å²) in [4.78, 5) is 26.0. The summed E-state index contributed by atoms with van der Waals surface area (Å²) in [5.41, 5.74) is 0.552. The van der Waals surface area contributed by atoms with Gasteiger partial charge in [0.2, 0.25) is 0 Å². The Labute approximate surface area is 219 Å². The van der Waals surface area contributed by atoms with Crippen LogP contribution in [0.3, 0.4) is 0 Å². The van der Waals surface area contributed by atoms with Crippen LogP contribution in [0.2, 0.25) is 0 Å². The molecule has 2 aromatic carbocycles. The van der Waals surface area contributed by atoms with E-state index in [1.54, 1.807) is 11.8 Å². The molecular weight excluding hydrogens is 503 g/mol. The summed E-state index contributed by atoms with van der Waals surface area (Å²) in [5, 5.41) is 5.75. The van der Waals surface area contributed by atoms with Crippen LogP contribution < -0.4 is 15.4 Å². The van der Waals surface area contributed by atoms with Crippen LogP contribution >= 0.6 is 0 Å². The number of amides is 2. The number of nitrogens with zero attached hydrogens (tertiary/aromatic N) is 1. The Morgan fingerprint density at radius 2 is 1.68 bits per heavy atom. The van der Waals surface area contributed by atoms with Crippen molar-refractivity contribution in [3.63, 3.8) is 0 Å². The Balaban J connectivity index is 1.14. The van der Waals surface area contributed by atoms with E-state index in [0.717, 1.165) is 5.56 Å². The minimum Gasteiger partial charge on any atom is -0.492 e. The molecule has 1 saturated carbocycles. The number of anilines is 1. The average Bonchev–Trinajstić information content (AvgIpc) is 3.33. The van der Waals surface area contributed by atoms with Gasteiger partial charge < -0.3 is 29.7 Å². The lowest BCUT2D eigenvalue weighted by molar-refractivity contribution is -0.156. The Morgan fingerprint density at radius 3 is 2.34 bits per heavy atom. The van der Waals surface area contributed by atoms with Crippen LogP contribution in [-0.4, -0.2) is 68.5 Å². The highest BCUT2D eigenvalue weighted by Gasteiger charge is 2.56. The second kappa shape index (κ2) is 12.5. The SMILES string of the molecule is CCOC(=O)[C@H](Cc1ccc(OCCN[C@H]2C3CN(C(=O)Nc4cc(F)c(F)cc4F)C[C@@H]32)cc1)OCC. The van der Waals surface area contributed by atoms with Crippen molar-refractivity contribution in [2.75, 3.05) is 44.8 Å². The van der Waals surface area contributed by atoms with Gasteiger partial charge in [0.15, 0.2) is 17.7 Å². The molecule has 8 nitrogen and oxygen atoms in total. The number of esters is 1. The fourth-order valence-electron chi connectivity index (χ4n) is 4.78. The zero-order valence-corrected chi connectivity index (χ0v) is 21.3. The van der Waals surface area contributed by atoms with Crippen molar-refractivity contribution >= 4 is 17.7 Å². The van der Waals surface area contributed by atoms with Gasteiger partial charge >= 0.3 is 12.0 Å². The zero-order valence-electron chi connectivity index (χ0n) is 21.3. The minimum absolute atomic E-state index is 0.267. The Morgan fingerprint density at radius 1 is 1.00 bits per heavy atom.